The summed E-state index contributed by atoms with van der Waals surface area (Å²) in [5.74, 6) is -0.0153. The molecule has 0 bridgehead atoms. The van der Waals surface area contributed by atoms with Crippen molar-refractivity contribution in [3.63, 3.8) is 0 Å². The van der Waals surface area contributed by atoms with Gasteiger partial charge in [0.2, 0.25) is 0 Å². The number of hydrazone groups is 1. The van der Waals surface area contributed by atoms with Crippen LogP contribution in [0.15, 0.2) is 102 Å². The largest absolute Gasteiger partial charge is 0.496 e. The molecule has 0 heterocycles. The number of hydrogen-bond donors (Lipinski definition) is 2. The summed E-state index contributed by atoms with van der Waals surface area (Å²) in [5.41, 5.74) is 2.27. The average Bonchev–Trinajstić information content (AvgIpc) is 2.84. The smallest absolute Gasteiger partial charge is 0.281 e. The molecule has 0 unspecified atom stereocenters. The van der Waals surface area contributed by atoms with Crippen LogP contribution in [-0.4, -0.2) is 24.3 Å². The van der Waals surface area contributed by atoms with Gasteiger partial charge in [-0.3, -0.25) is 4.79 Å². The number of methoxy groups -OCH3 is 1. The highest BCUT2D eigenvalue weighted by atomic mass is 16.5. The Hall–Kier alpha value is -3.96. The Labute approximate surface area is 180 Å². The predicted octanol–water partition coefficient (Wildman–Crippen LogP) is 4.23. The van der Waals surface area contributed by atoms with Gasteiger partial charge in [-0.1, -0.05) is 91.0 Å². The molecule has 0 aliphatic rings. The van der Waals surface area contributed by atoms with E-state index in [-0.39, 0.29) is 0 Å². The first kappa shape index (κ1) is 20.3. The second kappa shape index (κ2) is 8.81. The molecule has 0 aromatic heterocycles. The summed E-state index contributed by atoms with van der Waals surface area (Å²) >= 11 is 0. The van der Waals surface area contributed by atoms with Crippen molar-refractivity contribution in [2.24, 2.45) is 5.10 Å². The van der Waals surface area contributed by atoms with Crippen molar-refractivity contribution in [3.05, 3.63) is 114 Å². The first-order chi connectivity index (χ1) is 15.1. The van der Waals surface area contributed by atoms with Gasteiger partial charge in [-0.25, -0.2) is 5.43 Å². The summed E-state index contributed by atoms with van der Waals surface area (Å²) in [6.45, 7) is 0. The molecule has 1 amide bonds. The molecule has 5 nitrogen and oxygen atoms in total. The zero-order chi connectivity index (χ0) is 21.7. The van der Waals surface area contributed by atoms with Gasteiger partial charge in [-0.2, -0.15) is 5.10 Å². The molecule has 0 aliphatic heterocycles. The van der Waals surface area contributed by atoms with Crippen LogP contribution in [0.1, 0.15) is 16.7 Å². The fraction of sp³-hybridized carbons (Fsp3) is 0.0769. The fourth-order valence-corrected chi connectivity index (χ4v) is 3.61. The van der Waals surface area contributed by atoms with E-state index in [1.54, 1.807) is 55.6 Å². The quantitative estimate of drug-likeness (QED) is 0.369. The van der Waals surface area contributed by atoms with Crippen LogP contribution in [-0.2, 0) is 10.4 Å². The lowest BCUT2D eigenvalue weighted by atomic mass is 9.85. The minimum atomic E-state index is -1.89. The standard InChI is InChI=1S/C26H22N2O3/c1-31-24-17-16-19-10-8-9-15-22(19)23(24)18-27-28-25(29)26(30,20-11-4-2-5-12-20)21-13-6-3-7-14-21/h2-18,30H,1H3,(H,28,29)/b27-18-. The summed E-state index contributed by atoms with van der Waals surface area (Å²) in [5, 5.41) is 17.6. The summed E-state index contributed by atoms with van der Waals surface area (Å²) in [6, 6.07) is 29.3. The Bertz CT molecular complexity index is 1180. The van der Waals surface area contributed by atoms with Crippen LogP contribution in [0.5, 0.6) is 5.75 Å². The van der Waals surface area contributed by atoms with Crippen LogP contribution in [0.4, 0.5) is 0 Å². The number of benzene rings is 4. The van der Waals surface area contributed by atoms with Crippen molar-refractivity contribution in [2.45, 2.75) is 5.60 Å². The van der Waals surface area contributed by atoms with Crippen LogP contribution in [0.3, 0.4) is 0 Å². The van der Waals surface area contributed by atoms with Crippen LogP contribution < -0.4 is 10.2 Å². The van der Waals surface area contributed by atoms with Gasteiger partial charge in [0.05, 0.1) is 13.3 Å². The number of fused-ring (bicyclic) bond motifs is 1. The van der Waals surface area contributed by atoms with E-state index in [1.807, 2.05) is 48.5 Å². The fourth-order valence-electron chi connectivity index (χ4n) is 3.61. The number of rotatable bonds is 6. The summed E-state index contributed by atoms with van der Waals surface area (Å²) in [4.78, 5) is 13.2. The summed E-state index contributed by atoms with van der Waals surface area (Å²) in [6.07, 6.45) is 1.54. The average molecular weight is 410 g/mol. The van der Waals surface area contributed by atoms with E-state index in [2.05, 4.69) is 10.5 Å². The third-order valence-electron chi connectivity index (χ3n) is 5.22. The van der Waals surface area contributed by atoms with Gasteiger partial charge in [0.1, 0.15) is 5.75 Å². The third-order valence-corrected chi connectivity index (χ3v) is 5.22. The normalized spacial score (nSPS) is 11.5. The zero-order valence-electron chi connectivity index (χ0n) is 17.0. The maximum absolute atomic E-state index is 13.2. The number of carbonyl (C=O) groups is 1. The number of carbonyl (C=O) groups excluding carboxylic acids is 1. The van der Waals surface area contributed by atoms with Gasteiger partial charge in [-0.15, -0.1) is 0 Å². The number of amides is 1. The van der Waals surface area contributed by atoms with E-state index < -0.39 is 11.5 Å². The molecular formula is C26H22N2O3. The molecule has 0 spiro atoms. The summed E-state index contributed by atoms with van der Waals surface area (Å²) in [7, 11) is 1.59. The highest BCUT2D eigenvalue weighted by Crippen LogP contribution is 2.30. The Kier molecular flexibility index (Phi) is 5.78. The van der Waals surface area contributed by atoms with Gasteiger partial charge in [0.25, 0.3) is 5.91 Å². The molecule has 5 heteroatoms. The molecule has 2 N–H and O–H groups in total. The van der Waals surface area contributed by atoms with E-state index in [1.165, 1.54) is 6.21 Å². The Morgan fingerprint density at radius 2 is 1.45 bits per heavy atom. The molecule has 0 saturated heterocycles. The van der Waals surface area contributed by atoms with Gasteiger partial charge in [0, 0.05) is 5.56 Å². The Morgan fingerprint density at radius 1 is 0.871 bits per heavy atom. The van der Waals surface area contributed by atoms with E-state index in [0.717, 1.165) is 16.3 Å². The molecule has 154 valence electrons. The van der Waals surface area contributed by atoms with E-state index in [9.17, 15) is 9.90 Å². The van der Waals surface area contributed by atoms with Crippen molar-refractivity contribution in [3.8, 4) is 5.75 Å². The number of nitrogens with one attached hydrogen (secondary N) is 1. The molecule has 31 heavy (non-hydrogen) atoms. The first-order valence-electron chi connectivity index (χ1n) is 9.87. The number of nitrogens with zero attached hydrogens (tertiary/aromatic N) is 1. The predicted molar refractivity (Wildman–Crippen MR) is 122 cm³/mol. The second-order valence-electron chi connectivity index (χ2n) is 7.04. The van der Waals surface area contributed by atoms with Crippen molar-refractivity contribution >= 4 is 22.9 Å². The van der Waals surface area contributed by atoms with Gasteiger partial charge in [0.15, 0.2) is 5.60 Å². The van der Waals surface area contributed by atoms with Crippen LogP contribution in [0.2, 0.25) is 0 Å². The molecule has 0 fully saturated rings. The molecule has 0 saturated carbocycles. The third kappa shape index (κ3) is 3.91. The van der Waals surface area contributed by atoms with E-state index >= 15 is 0 Å². The van der Waals surface area contributed by atoms with Gasteiger partial charge < -0.3 is 9.84 Å². The number of ether oxygens (including phenoxy) is 1. The number of aliphatic hydroxyl groups is 1. The zero-order valence-corrected chi connectivity index (χ0v) is 17.0. The first-order valence-corrected chi connectivity index (χ1v) is 9.87. The van der Waals surface area contributed by atoms with Crippen molar-refractivity contribution < 1.29 is 14.6 Å². The SMILES string of the molecule is COc1ccc2ccccc2c1/C=N\NC(=O)C(O)(c1ccccc1)c1ccccc1. The molecule has 0 atom stereocenters. The number of hydrogen-bond acceptors (Lipinski definition) is 4. The Balaban J connectivity index is 1.68. The molecule has 4 aromatic rings. The van der Waals surface area contributed by atoms with E-state index in [0.29, 0.717) is 16.9 Å². The van der Waals surface area contributed by atoms with Crippen molar-refractivity contribution in [1.82, 2.24) is 5.43 Å². The van der Waals surface area contributed by atoms with Crippen LogP contribution in [0, 0.1) is 0 Å². The molecular weight excluding hydrogens is 388 g/mol. The summed E-state index contributed by atoms with van der Waals surface area (Å²) < 4.78 is 5.46. The van der Waals surface area contributed by atoms with Crippen LogP contribution in [0.25, 0.3) is 10.8 Å². The lowest BCUT2D eigenvalue weighted by molar-refractivity contribution is -0.136. The maximum Gasteiger partial charge on any atom is 0.281 e. The van der Waals surface area contributed by atoms with Crippen molar-refractivity contribution in [1.29, 1.82) is 0 Å². The maximum atomic E-state index is 13.2. The highest BCUT2D eigenvalue weighted by molar-refractivity contribution is 6.03. The molecule has 4 rings (SSSR count). The van der Waals surface area contributed by atoms with Crippen molar-refractivity contribution in [2.75, 3.05) is 7.11 Å². The molecule has 0 aliphatic carbocycles. The van der Waals surface area contributed by atoms with Gasteiger partial charge >= 0.3 is 0 Å². The molecule has 0 radical (unpaired) electrons. The van der Waals surface area contributed by atoms with E-state index in [4.69, 9.17) is 4.74 Å². The van der Waals surface area contributed by atoms with Crippen LogP contribution >= 0.6 is 0 Å². The second-order valence-corrected chi connectivity index (χ2v) is 7.04. The lowest BCUT2D eigenvalue weighted by Crippen LogP contribution is -2.43. The lowest BCUT2D eigenvalue weighted by Gasteiger charge is -2.27. The monoisotopic (exact) mass is 410 g/mol. The minimum Gasteiger partial charge on any atom is -0.496 e. The topological polar surface area (TPSA) is 70.9 Å². The Morgan fingerprint density at radius 3 is 2.06 bits per heavy atom. The minimum absolute atomic E-state index is 0.455. The molecule has 4 aromatic carbocycles. The highest BCUT2D eigenvalue weighted by Gasteiger charge is 2.39. The van der Waals surface area contributed by atoms with Gasteiger partial charge in [-0.05, 0) is 28.0 Å².